The van der Waals surface area contributed by atoms with Crippen LogP contribution in [0, 0.1) is 5.92 Å². The van der Waals surface area contributed by atoms with Crippen LogP contribution in [0.5, 0.6) is 0 Å². The smallest absolute Gasteiger partial charge is 0.222 e. The lowest BCUT2D eigenvalue weighted by molar-refractivity contribution is -0.132. The highest BCUT2D eigenvalue weighted by molar-refractivity contribution is 6.33. The lowest BCUT2D eigenvalue weighted by atomic mass is 10.1. The van der Waals surface area contributed by atoms with Gasteiger partial charge in [0, 0.05) is 38.3 Å². The molecule has 110 valence electrons. The second kappa shape index (κ2) is 6.35. The van der Waals surface area contributed by atoms with Gasteiger partial charge < -0.3 is 15.5 Å². The highest BCUT2D eigenvalue weighted by Gasteiger charge is 2.21. The van der Waals surface area contributed by atoms with Crippen LogP contribution in [0.3, 0.4) is 0 Å². The number of rotatable bonds is 3. The van der Waals surface area contributed by atoms with E-state index in [-0.39, 0.29) is 5.91 Å². The van der Waals surface area contributed by atoms with E-state index in [1.54, 1.807) is 0 Å². The molecule has 1 aliphatic heterocycles. The number of nitrogen functional groups attached to an aromatic ring is 1. The summed E-state index contributed by atoms with van der Waals surface area (Å²) in [6.07, 6.45) is 0.633. The van der Waals surface area contributed by atoms with Gasteiger partial charge in [-0.05, 0) is 24.1 Å². The summed E-state index contributed by atoms with van der Waals surface area (Å²) in [6, 6.07) is 5.70. The Bertz CT molecular complexity index is 482. The van der Waals surface area contributed by atoms with E-state index in [9.17, 15) is 4.79 Å². The summed E-state index contributed by atoms with van der Waals surface area (Å²) in [7, 11) is 0. The molecule has 0 bridgehead atoms. The third-order valence-electron chi connectivity index (χ3n) is 3.56. The molecule has 1 aromatic carbocycles. The Morgan fingerprint density at radius 2 is 1.95 bits per heavy atom. The summed E-state index contributed by atoms with van der Waals surface area (Å²) in [4.78, 5) is 16.2. The molecule has 0 aromatic heterocycles. The van der Waals surface area contributed by atoms with Crippen molar-refractivity contribution in [2.75, 3.05) is 36.8 Å². The van der Waals surface area contributed by atoms with E-state index in [2.05, 4.69) is 18.7 Å². The van der Waals surface area contributed by atoms with Gasteiger partial charge in [0.2, 0.25) is 5.91 Å². The number of amides is 1. The zero-order valence-electron chi connectivity index (χ0n) is 12.1. The van der Waals surface area contributed by atoms with Crippen molar-refractivity contribution in [1.29, 1.82) is 0 Å². The van der Waals surface area contributed by atoms with Crippen molar-refractivity contribution < 1.29 is 4.79 Å². The zero-order valence-corrected chi connectivity index (χ0v) is 12.9. The van der Waals surface area contributed by atoms with Crippen molar-refractivity contribution in [3.63, 3.8) is 0 Å². The monoisotopic (exact) mass is 295 g/mol. The number of hydrogen-bond acceptors (Lipinski definition) is 3. The molecule has 1 saturated heterocycles. The molecular formula is C15H22ClN3O. The van der Waals surface area contributed by atoms with Crippen LogP contribution in [0.15, 0.2) is 18.2 Å². The van der Waals surface area contributed by atoms with Gasteiger partial charge in [0.05, 0.1) is 10.7 Å². The summed E-state index contributed by atoms with van der Waals surface area (Å²) in [5.41, 5.74) is 7.51. The molecule has 0 radical (unpaired) electrons. The molecular weight excluding hydrogens is 274 g/mol. The molecule has 0 spiro atoms. The molecule has 0 atom stereocenters. The van der Waals surface area contributed by atoms with Crippen LogP contribution in [0.1, 0.15) is 20.3 Å². The van der Waals surface area contributed by atoms with Gasteiger partial charge in [-0.2, -0.15) is 0 Å². The minimum Gasteiger partial charge on any atom is -0.397 e. The second-order valence-corrected chi connectivity index (χ2v) is 6.08. The van der Waals surface area contributed by atoms with E-state index in [0.717, 1.165) is 31.9 Å². The van der Waals surface area contributed by atoms with Crippen LogP contribution in [0.2, 0.25) is 5.02 Å². The molecule has 2 N–H and O–H groups in total. The number of hydrogen-bond donors (Lipinski definition) is 1. The van der Waals surface area contributed by atoms with Crippen LogP contribution in [0.4, 0.5) is 11.4 Å². The number of nitrogens with two attached hydrogens (primary N) is 1. The lowest BCUT2D eigenvalue weighted by Crippen LogP contribution is -2.49. The fourth-order valence-electron chi connectivity index (χ4n) is 2.42. The van der Waals surface area contributed by atoms with Crippen LogP contribution in [-0.4, -0.2) is 37.0 Å². The van der Waals surface area contributed by atoms with Gasteiger partial charge in [0.15, 0.2) is 0 Å². The molecule has 0 unspecified atom stereocenters. The minimum absolute atomic E-state index is 0.260. The summed E-state index contributed by atoms with van der Waals surface area (Å²) in [5.74, 6) is 0.673. The molecule has 1 aromatic rings. The summed E-state index contributed by atoms with van der Waals surface area (Å²) in [6.45, 7) is 7.37. The first kappa shape index (κ1) is 15.0. The molecule has 4 nitrogen and oxygen atoms in total. The topological polar surface area (TPSA) is 49.6 Å². The third-order valence-corrected chi connectivity index (χ3v) is 3.90. The Hall–Kier alpha value is -1.42. The maximum Gasteiger partial charge on any atom is 0.222 e. The van der Waals surface area contributed by atoms with E-state index in [1.165, 1.54) is 0 Å². The normalized spacial score (nSPS) is 15.8. The largest absolute Gasteiger partial charge is 0.397 e. The van der Waals surface area contributed by atoms with Crippen molar-refractivity contribution >= 4 is 28.9 Å². The number of carbonyl (C=O) groups excluding carboxylic acids is 1. The summed E-state index contributed by atoms with van der Waals surface area (Å²) in [5, 5.41) is 0.583. The first-order valence-corrected chi connectivity index (χ1v) is 7.43. The van der Waals surface area contributed by atoms with Crippen molar-refractivity contribution in [2.24, 2.45) is 5.92 Å². The van der Waals surface area contributed by atoms with Crippen molar-refractivity contribution in [2.45, 2.75) is 20.3 Å². The molecule has 20 heavy (non-hydrogen) atoms. The van der Waals surface area contributed by atoms with E-state index < -0.39 is 0 Å². The quantitative estimate of drug-likeness (QED) is 0.872. The summed E-state index contributed by atoms with van der Waals surface area (Å²) < 4.78 is 0. The van der Waals surface area contributed by atoms with Gasteiger partial charge in [0.25, 0.3) is 0 Å². The fourth-order valence-corrected chi connectivity index (χ4v) is 2.54. The van der Waals surface area contributed by atoms with Gasteiger partial charge in [0.1, 0.15) is 0 Å². The first-order valence-electron chi connectivity index (χ1n) is 7.05. The van der Waals surface area contributed by atoms with E-state index in [0.29, 0.717) is 23.0 Å². The zero-order chi connectivity index (χ0) is 14.7. The molecule has 1 heterocycles. The standard InChI is InChI=1S/C15H22ClN3O/c1-11(2)9-15(20)19-7-5-18(6-8-19)12-3-4-13(16)14(17)10-12/h3-4,10-11H,5-9,17H2,1-2H3. The SMILES string of the molecule is CC(C)CC(=O)N1CCN(c2ccc(Cl)c(N)c2)CC1. The Labute approximate surface area is 125 Å². The Balaban J connectivity index is 1.94. The maximum atomic E-state index is 12.0. The molecule has 1 fully saturated rings. The predicted molar refractivity (Wildman–Crippen MR) is 84.1 cm³/mol. The number of piperazine rings is 1. The number of carbonyl (C=O) groups is 1. The molecule has 5 heteroatoms. The van der Waals surface area contributed by atoms with Crippen LogP contribution in [-0.2, 0) is 4.79 Å². The Morgan fingerprint density at radius 3 is 2.50 bits per heavy atom. The van der Waals surface area contributed by atoms with Crippen LogP contribution in [0.25, 0.3) is 0 Å². The molecule has 2 rings (SSSR count). The summed E-state index contributed by atoms with van der Waals surface area (Å²) >= 11 is 5.94. The molecule has 1 amide bonds. The Kier molecular flexibility index (Phi) is 4.76. The van der Waals surface area contributed by atoms with Gasteiger partial charge in [-0.1, -0.05) is 25.4 Å². The third kappa shape index (κ3) is 3.57. The predicted octanol–water partition coefficient (Wildman–Crippen LogP) is 2.62. The van der Waals surface area contributed by atoms with Gasteiger partial charge >= 0.3 is 0 Å². The van der Waals surface area contributed by atoms with Crippen LogP contribution < -0.4 is 10.6 Å². The average Bonchev–Trinajstić information content (AvgIpc) is 2.41. The van der Waals surface area contributed by atoms with Gasteiger partial charge in [-0.15, -0.1) is 0 Å². The maximum absolute atomic E-state index is 12.0. The van der Waals surface area contributed by atoms with E-state index in [1.807, 2.05) is 23.1 Å². The number of benzene rings is 1. The minimum atomic E-state index is 0.260. The van der Waals surface area contributed by atoms with Crippen LogP contribution >= 0.6 is 11.6 Å². The highest BCUT2D eigenvalue weighted by atomic mass is 35.5. The van der Waals surface area contributed by atoms with Gasteiger partial charge in [-0.3, -0.25) is 4.79 Å². The first-order chi connectivity index (χ1) is 9.47. The van der Waals surface area contributed by atoms with Crippen molar-refractivity contribution in [3.8, 4) is 0 Å². The second-order valence-electron chi connectivity index (χ2n) is 5.67. The fraction of sp³-hybridized carbons (Fsp3) is 0.533. The average molecular weight is 296 g/mol. The molecule has 0 aliphatic carbocycles. The number of nitrogens with zero attached hydrogens (tertiary/aromatic N) is 2. The molecule has 1 aliphatic rings. The Morgan fingerprint density at radius 1 is 1.30 bits per heavy atom. The lowest BCUT2D eigenvalue weighted by Gasteiger charge is -2.36. The number of anilines is 2. The van der Waals surface area contributed by atoms with E-state index in [4.69, 9.17) is 17.3 Å². The van der Waals surface area contributed by atoms with E-state index >= 15 is 0 Å². The molecule has 0 saturated carbocycles. The van der Waals surface area contributed by atoms with Crippen molar-refractivity contribution in [1.82, 2.24) is 4.90 Å². The highest BCUT2D eigenvalue weighted by Crippen LogP contribution is 2.25. The van der Waals surface area contributed by atoms with Gasteiger partial charge in [-0.25, -0.2) is 0 Å². The number of halogens is 1. The van der Waals surface area contributed by atoms with Crippen molar-refractivity contribution in [3.05, 3.63) is 23.2 Å².